The van der Waals surface area contributed by atoms with Gasteiger partial charge in [-0.05, 0) is 37.1 Å². The molecule has 1 atom stereocenters. The van der Waals surface area contributed by atoms with Crippen molar-refractivity contribution in [2.45, 2.75) is 26.2 Å². The molecule has 1 fully saturated rings. The molecule has 1 aliphatic heterocycles. The van der Waals surface area contributed by atoms with Crippen LogP contribution in [0.2, 0.25) is 5.02 Å². The molecule has 164 valence electrons. The number of hydrogen-bond donors (Lipinski definition) is 0. The first kappa shape index (κ1) is 20.7. The van der Waals surface area contributed by atoms with Crippen LogP contribution in [-0.4, -0.2) is 56.6 Å². The molecule has 5 rings (SSSR count). The number of carbonyl (C=O) groups excluding carboxylic acids is 1. The molecule has 0 aliphatic carbocycles. The third kappa shape index (κ3) is 3.56. The van der Waals surface area contributed by atoms with Crippen molar-refractivity contribution < 1.29 is 4.79 Å². The van der Waals surface area contributed by atoms with Crippen molar-refractivity contribution in [2.75, 3.05) is 31.1 Å². The van der Waals surface area contributed by atoms with Gasteiger partial charge in [0.2, 0.25) is 11.9 Å². The second kappa shape index (κ2) is 8.39. The standard InChI is InChI=1S/C24H25ClN6O/c1-3-19(17-7-5-4-6-8-17)23(32)29-11-13-30(14-12-29)24-26-21-15-18(25)9-10-20(21)22-28-27-16(2)31(22)24/h4-10,15,19H,3,11-14H2,1-2H3. The SMILES string of the molecule is CCC(C(=O)N1CCN(c2nc3cc(Cl)ccc3c3nnc(C)n23)CC1)c1ccccc1. The highest BCUT2D eigenvalue weighted by molar-refractivity contribution is 6.31. The predicted octanol–water partition coefficient (Wildman–Crippen LogP) is 4.08. The lowest BCUT2D eigenvalue weighted by Gasteiger charge is -2.37. The van der Waals surface area contributed by atoms with Crippen LogP contribution in [0.1, 0.15) is 30.7 Å². The van der Waals surface area contributed by atoms with Crippen molar-refractivity contribution >= 4 is 40.0 Å². The number of aryl methyl sites for hydroxylation is 1. The van der Waals surface area contributed by atoms with E-state index < -0.39 is 0 Å². The van der Waals surface area contributed by atoms with Crippen LogP contribution in [0.25, 0.3) is 16.6 Å². The summed E-state index contributed by atoms with van der Waals surface area (Å²) >= 11 is 6.22. The molecule has 0 saturated carbocycles. The van der Waals surface area contributed by atoms with Gasteiger partial charge in [-0.1, -0.05) is 48.9 Å². The number of amides is 1. The van der Waals surface area contributed by atoms with Gasteiger partial charge in [-0.15, -0.1) is 10.2 Å². The van der Waals surface area contributed by atoms with E-state index in [4.69, 9.17) is 16.6 Å². The van der Waals surface area contributed by atoms with Gasteiger partial charge in [0.25, 0.3) is 0 Å². The number of benzene rings is 2. The Labute approximate surface area is 191 Å². The monoisotopic (exact) mass is 448 g/mol. The molecule has 1 unspecified atom stereocenters. The molecule has 0 bridgehead atoms. The van der Waals surface area contributed by atoms with E-state index in [-0.39, 0.29) is 11.8 Å². The fourth-order valence-corrected chi connectivity index (χ4v) is 4.68. The van der Waals surface area contributed by atoms with Crippen molar-refractivity contribution in [1.82, 2.24) is 24.5 Å². The summed E-state index contributed by atoms with van der Waals surface area (Å²) in [4.78, 5) is 22.4. The van der Waals surface area contributed by atoms with E-state index in [0.717, 1.165) is 40.3 Å². The Kier molecular flexibility index (Phi) is 5.43. The lowest BCUT2D eigenvalue weighted by Crippen LogP contribution is -2.50. The van der Waals surface area contributed by atoms with Crippen molar-refractivity contribution in [3.63, 3.8) is 0 Å². The second-order valence-electron chi connectivity index (χ2n) is 8.16. The Morgan fingerprint density at radius 2 is 1.81 bits per heavy atom. The summed E-state index contributed by atoms with van der Waals surface area (Å²) in [6.07, 6.45) is 0.788. The Morgan fingerprint density at radius 1 is 1.06 bits per heavy atom. The lowest BCUT2D eigenvalue weighted by atomic mass is 9.95. The Bertz CT molecular complexity index is 1280. The minimum Gasteiger partial charge on any atom is -0.339 e. The van der Waals surface area contributed by atoms with Gasteiger partial charge in [0.05, 0.1) is 11.4 Å². The molecule has 1 amide bonds. The molecule has 3 heterocycles. The van der Waals surface area contributed by atoms with Gasteiger partial charge in [0, 0.05) is 36.6 Å². The van der Waals surface area contributed by atoms with E-state index in [0.29, 0.717) is 31.2 Å². The van der Waals surface area contributed by atoms with Crippen LogP contribution < -0.4 is 4.90 Å². The van der Waals surface area contributed by atoms with Gasteiger partial charge >= 0.3 is 0 Å². The molecule has 2 aromatic carbocycles. The third-order valence-electron chi connectivity index (χ3n) is 6.23. The largest absolute Gasteiger partial charge is 0.339 e. The summed E-state index contributed by atoms with van der Waals surface area (Å²) in [7, 11) is 0. The highest BCUT2D eigenvalue weighted by Crippen LogP contribution is 2.28. The van der Waals surface area contributed by atoms with Crippen LogP contribution in [0, 0.1) is 6.92 Å². The van der Waals surface area contributed by atoms with E-state index in [9.17, 15) is 4.79 Å². The van der Waals surface area contributed by atoms with Crippen molar-refractivity contribution in [3.8, 4) is 0 Å². The average Bonchev–Trinajstić information content (AvgIpc) is 3.21. The fraction of sp³-hybridized carbons (Fsp3) is 0.333. The van der Waals surface area contributed by atoms with E-state index >= 15 is 0 Å². The molecule has 1 aliphatic rings. The summed E-state index contributed by atoms with van der Waals surface area (Å²) < 4.78 is 1.99. The first-order chi connectivity index (χ1) is 15.6. The summed E-state index contributed by atoms with van der Waals surface area (Å²) in [5, 5.41) is 10.2. The molecule has 2 aromatic heterocycles. The quantitative estimate of drug-likeness (QED) is 0.470. The Hall–Kier alpha value is -3.19. The zero-order valence-corrected chi connectivity index (χ0v) is 19.0. The summed E-state index contributed by atoms with van der Waals surface area (Å²) in [5.41, 5.74) is 2.64. The normalized spacial score (nSPS) is 15.5. The predicted molar refractivity (Wildman–Crippen MR) is 126 cm³/mol. The van der Waals surface area contributed by atoms with Crippen LogP contribution in [0.3, 0.4) is 0 Å². The fourth-order valence-electron chi connectivity index (χ4n) is 4.52. The van der Waals surface area contributed by atoms with Gasteiger partial charge in [-0.2, -0.15) is 0 Å². The second-order valence-corrected chi connectivity index (χ2v) is 8.60. The highest BCUT2D eigenvalue weighted by Gasteiger charge is 2.29. The first-order valence-corrected chi connectivity index (χ1v) is 11.3. The van der Waals surface area contributed by atoms with Crippen LogP contribution in [-0.2, 0) is 4.79 Å². The maximum atomic E-state index is 13.3. The molecule has 32 heavy (non-hydrogen) atoms. The zero-order chi connectivity index (χ0) is 22.2. The smallest absolute Gasteiger partial charge is 0.230 e. The van der Waals surface area contributed by atoms with E-state index in [1.807, 2.05) is 64.8 Å². The minimum atomic E-state index is -0.101. The molecule has 1 saturated heterocycles. The van der Waals surface area contributed by atoms with Gasteiger partial charge in [-0.3, -0.25) is 4.79 Å². The molecular weight excluding hydrogens is 424 g/mol. The van der Waals surface area contributed by atoms with Gasteiger partial charge < -0.3 is 9.80 Å². The maximum absolute atomic E-state index is 13.3. The number of carbonyl (C=O) groups is 1. The van der Waals surface area contributed by atoms with Crippen LogP contribution in [0.15, 0.2) is 48.5 Å². The third-order valence-corrected chi connectivity index (χ3v) is 6.46. The number of halogens is 1. The van der Waals surface area contributed by atoms with E-state index in [2.05, 4.69) is 22.0 Å². The number of aromatic nitrogens is 4. The van der Waals surface area contributed by atoms with E-state index in [1.165, 1.54) is 0 Å². The van der Waals surface area contributed by atoms with Crippen molar-refractivity contribution in [2.24, 2.45) is 0 Å². The van der Waals surface area contributed by atoms with E-state index in [1.54, 1.807) is 0 Å². The molecule has 4 aromatic rings. The highest BCUT2D eigenvalue weighted by atomic mass is 35.5. The Morgan fingerprint density at radius 3 is 2.53 bits per heavy atom. The molecule has 0 spiro atoms. The minimum absolute atomic E-state index is 0.101. The van der Waals surface area contributed by atoms with Crippen molar-refractivity contribution in [3.05, 3.63) is 64.9 Å². The Balaban J connectivity index is 1.41. The van der Waals surface area contributed by atoms with Gasteiger partial charge in [-0.25, -0.2) is 9.38 Å². The van der Waals surface area contributed by atoms with Crippen LogP contribution >= 0.6 is 11.6 Å². The lowest BCUT2D eigenvalue weighted by molar-refractivity contribution is -0.133. The number of rotatable bonds is 4. The summed E-state index contributed by atoms with van der Waals surface area (Å²) in [6, 6.07) is 15.7. The average molecular weight is 449 g/mol. The van der Waals surface area contributed by atoms with Crippen LogP contribution in [0.5, 0.6) is 0 Å². The number of hydrogen-bond acceptors (Lipinski definition) is 5. The first-order valence-electron chi connectivity index (χ1n) is 11.0. The molecular formula is C24H25ClN6O. The molecule has 8 heteroatoms. The van der Waals surface area contributed by atoms with Gasteiger partial charge in [0.1, 0.15) is 5.82 Å². The van der Waals surface area contributed by atoms with Crippen molar-refractivity contribution in [1.29, 1.82) is 0 Å². The number of piperazine rings is 1. The van der Waals surface area contributed by atoms with Crippen LogP contribution in [0.4, 0.5) is 5.95 Å². The number of anilines is 1. The summed E-state index contributed by atoms with van der Waals surface area (Å²) in [6.45, 7) is 6.70. The number of nitrogens with zero attached hydrogens (tertiary/aromatic N) is 6. The topological polar surface area (TPSA) is 66.6 Å². The maximum Gasteiger partial charge on any atom is 0.230 e. The molecule has 0 N–H and O–H groups in total. The molecule has 7 nitrogen and oxygen atoms in total. The summed E-state index contributed by atoms with van der Waals surface area (Å²) in [5.74, 6) is 1.67. The number of fused-ring (bicyclic) bond motifs is 3. The van der Waals surface area contributed by atoms with Gasteiger partial charge in [0.15, 0.2) is 5.65 Å². The molecule has 0 radical (unpaired) electrons. The zero-order valence-electron chi connectivity index (χ0n) is 18.2.